The molecule has 24 heavy (non-hydrogen) atoms. The van der Waals surface area contributed by atoms with Gasteiger partial charge in [0.15, 0.2) is 0 Å². The van der Waals surface area contributed by atoms with Crippen molar-refractivity contribution in [3.05, 3.63) is 0 Å². The second-order valence-corrected chi connectivity index (χ2v) is 8.34. The highest BCUT2D eigenvalue weighted by Gasteiger charge is 2.37. The Labute approximate surface area is 145 Å². The van der Waals surface area contributed by atoms with Crippen LogP contribution in [0.15, 0.2) is 0 Å². The molecule has 0 aromatic heterocycles. The molecule has 0 atom stereocenters. The summed E-state index contributed by atoms with van der Waals surface area (Å²) < 4.78 is 11.7. The Morgan fingerprint density at radius 1 is 1.00 bits per heavy atom. The molecular weight excluding hydrogens is 306 g/mol. The van der Waals surface area contributed by atoms with Gasteiger partial charge < -0.3 is 19.7 Å². The fourth-order valence-electron chi connectivity index (χ4n) is 3.77. The number of nitrogens with zero attached hydrogens (tertiary/aromatic N) is 2. The Morgan fingerprint density at radius 3 is 2.21 bits per heavy atom. The molecule has 0 radical (unpaired) electrons. The molecule has 0 spiro atoms. The monoisotopic (exact) mass is 339 g/mol. The first kappa shape index (κ1) is 18.0. The van der Waals surface area contributed by atoms with E-state index in [1.807, 2.05) is 25.7 Å². The zero-order valence-corrected chi connectivity index (χ0v) is 15.4. The van der Waals surface area contributed by atoms with Gasteiger partial charge in [0.1, 0.15) is 5.60 Å². The van der Waals surface area contributed by atoms with Gasteiger partial charge in [-0.25, -0.2) is 4.79 Å². The van der Waals surface area contributed by atoms with E-state index in [0.29, 0.717) is 12.2 Å². The van der Waals surface area contributed by atoms with Gasteiger partial charge in [-0.2, -0.15) is 0 Å². The SMILES string of the molecule is CC(C)(C)OC(=O)N1CCC(OC2CC(N3CCNCC3)C2)CC1. The van der Waals surface area contributed by atoms with Crippen LogP contribution in [0.1, 0.15) is 46.5 Å². The van der Waals surface area contributed by atoms with E-state index in [1.54, 1.807) is 0 Å². The molecule has 3 rings (SSSR count). The first-order valence-corrected chi connectivity index (χ1v) is 9.49. The Morgan fingerprint density at radius 2 is 1.62 bits per heavy atom. The van der Waals surface area contributed by atoms with Gasteiger partial charge in [-0.3, -0.25) is 4.90 Å². The van der Waals surface area contributed by atoms with Crippen molar-refractivity contribution >= 4 is 6.09 Å². The largest absolute Gasteiger partial charge is 0.444 e. The number of nitrogens with one attached hydrogen (secondary N) is 1. The van der Waals surface area contributed by atoms with Crippen molar-refractivity contribution in [3.63, 3.8) is 0 Å². The Bertz CT molecular complexity index is 418. The molecule has 0 aromatic rings. The Balaban J connectivity index is 1.33. The number of likely N-dealkylation sites (tertiary alicyclic amines) is 1. The van der Waals surface area contributed by atoms with E-state index in [9.17, 15) is 4.79 Å². The molecule has 6 nitrogen and oxygen atoms in total. The van der Waals surface area contributed by atoms with Crippen molar-refractivity contribution in [3.8, 4) is 0 Å². The molecule has 1 amide bonds. The van der Waals surface area contributed by atoms with Crippen molar-refractivity contribution < 1.29 is 14.3 Å². The highest BCUT2D eigenvalue weighted by Crippen LogP contribution is 2.31. The lowest BCUT2D eigenvalue weighted by Crippen LogP contribution is -2.55. The maximum absolute atomic E-state index is 12.1. The van der Waals surface area contributed by atoms with Crippen molar-refractivity contribution in [2.75, 3.05) is 39.3 Å². The molecule has 1 saturated carbocycles. The molecule has 1 N–H and O–H groups in total. The van der Waals surface area contributed by atoms with Crippen molar-refractivity contribution in [2.24, 2.45) is 0 Å². The highest BCUT2D eigenvalue weighted by molar-refractivity contribution is 5.68. The van der Waals surface area contributed by atoms with E-state index < -0.39 is 5.60 Å². The van der Waals surface area contributed by atoms with Crippen LogP contribution in [0.3, 0.4) is 0 Å². The van der Waals surface area contributed by atoms with Crippen molar-refractivity contribution in [1.82, 2.24) is 15.1 Å². The minimum absolute atomic E-state index is 0.191. The van der Waals surface area contributed by atoms with Crippen molar-refractivity contribution in [2.45, 2.75) is 70.3 Å². The van der Waals surface area contributed by atoms with E-state index in [-0.39, 0.29) is 6.09 Å². The third-order valence-electron chi connectivity index (χ3n) is 5.22. The lowest BCUT2D eigenvalue weighted by Gasteiger charge is -2.46. The topological polar surface area (TPSA) is 54.0 Å². The molecule has 0 bridgehead atoms. The third-order valence-corrected chi connectivity index (χ3v) is 5.22. The van der Waals surface area contributed by atoms with Gasteiger partial charge in [0.05, 0.1) is 12.2 Å². The maximum atomic E-state index is 12.1. The molecule has 2 saturated heterocycles. The molecule has 2 aliphatic heterocycles. The zero-order valence-electron chi connectivity index (χ0n) is 15.4. The normalized spacial score (nSPS) is 30.0. The predicted octanol–water partition coefficient (Wildman–Crippen LogP) is 1.84. The van der Waals surface area contributed by atoms with Gasteiger partial charge in [0, 0.05) is 45.3 Å². The predicted molar refractivity (Wildman–Crippen MR) is 93.2 cm³/mol. The van der Waals surface area contributed by atoms with E-state index in [2.05, 4.69) is 10.2 Å². The average Bonchev–Trinajstić information content (AvgIpc) is 2.50. The van der Waals surface area contributed by atoms with Crippen LogP contribution in [-0.2, 0) is 9.47 Å². The highest BCUT2D eigenvalue weighted by atomic mass is 16.6. The molecule has 0 unspecified atom stereocenters. The van der Waals surface area contributed by atoms with Gasteiger partial charge in [0.25, 0.3) is 0 Å². The van der Waals surface area contributed by atoms with Gasteiger partial charge in [-0.05, 0) is 46.5 Å². The lowest BCUT2D eigenvalue weighted by molar-refractivity contribution is -0.104. The summed E-state index contributed by atoms with van der Waals surface area (Å²) in [6, 6.07) is 0.721. The van der Waals surface area contributed by atoms with Crippen LogP contribution in [0.2, 0.25) is 0 Å². The summed E-state index contributed by atoms with van der Waals surface area (Å²) in [5.74, 6) is 0. The van der Waals surface area contributed by atoms with E-state index in [1.165, 1.54) is 25.9 Å². The number of amides is 1. The summed E-state index contributed by atoms with van der Waals surface area (Å²) in [6.45, 7) is 11.8. The fraction of sp³-hybridized carbons (Fsp3) is 0.944. The van der Waals surface area contributed by atoms with E-state index >= 15 is 0 Å². The number of piperazine rings is 1. The van der Waals surface area contributed by atoms with Crippen LogP contribution in [-0.4, -0.2) is 79.0 Å². The zero-order chi connectivity index (χ0) is 17.2. The number of ether oxygens (including phenoxy) is 2. The van der Waals surface area contributed by atoms with E-state index in [4.69, 9.17) is 9.47 Å². The molecule has 3 aliphatic rings. The quantitative estimate of drug-likeness (QED) is 0.850. The first-order valence-electron chi connectivity index (χ1n) is 9.49. The van der Waals surface area contributed by atoms with Crippen LogP contribution in [0.4, 0.5) is 4.79 Å². The van der Waals surface area contributed by atoms with Gasteiger partial charge in [-0.1, -0.05) is 0 Å². The summed E-state index contributed by atoms with van der Waals surface area (Å²) in [4.78, 5) is 16.5. The number of hydrogen-bond donors (Lipinski definition) is 1. The minimum Gasteiger partial charge on any atom is -0.444 e. The van der Waals surface area contributed by atoms with Crippen LogP contribution >= 0.6 is 0 Å². The molecule has 2 heterocycles. The number of hydrogen-bond acceptors (Lipinski definition) is 5. The van der Waals surface area contributed by atoms with Crippen LogP contribution in [0.25, 0.3) is 0 Å². The third kappa shape index (κ3) is 4.83. The molecule has 0 aromatic carbocycles. The molecular formula is C18H33N3O3. The smallest absolute Gasteiger partial charge is 0.410 e. The summed E-state index contributed by atoms with van der Waals surface area (Å²) in [7, 11) is 0. The standard InChI is InChI=1S/C18H33N3O3/c1-18(2,3)24-17(22)21-8-4-15(5-9-21)23-16-12-14(13-16)20-10-6-19-7-11-20/h14-16,19H,4-13H2,1-3H3. The molecule has 6 heteroatoms. The number of piperidine rings is 1. The van der Waals surface area contributed by atoms with Crippen LogP contribution in [0.5, 0.6) is 0 Å². The minimum atomic E-state index is -0.421. The number of carbonyl (C=O) groups excluding carboxylic acids is 1. The van der Waals surface area contributed by atoms with Crippen molar-refractivity contribution in [1.29, 1.82) is 0 Å². The Kier molecular flexibility index (Phi) is 5.67. The second-order valence-electron chi connectivity index (χ2n) is 8.34. The summed E-state index contributed by atoms with van der Waals surface area (Å²) in [5, 5.41) is 3.41. The van der Waals surface area contributed by atoms with E-state index in [0.717, 1.165) is 45.1 Å². The molecule has 138 valence electrons. The van der Waals surface area contributed by atoms with Gasteiger partial charge in [-0.15, -0.1) is 0 Å². The fourth-order valence-corrected chi connectivity index (χ4v) is 3.77. The number of rotatable bonds is 3. The maximum Gasteiger partial charge on any atom is 0.410 e. The lowest BCUT2D eigenvalue weighted by atomic mass is 9.87. The van der Waals surface area contributed by atoms with Crippen LogP contribution < -0.4 is 5.32 Å². The van der Waals surface area contributed by atoms with Gasteiger partial charge >= 0.3 is 6.09 Å². The second kappa shape index (κ2) is 7.58. The van der Waals surface area contributed by atoms with Crippen LogP contribution in [0, 0.1) is 0 Å². The molecule has 1 aliphatic carbocycles. The summed E-state index contributed by atoms with van der Waals surface area (Å²) in [6.07, 6.45) is 4.73. The van der Waals surface area contributed by atoms with Gasteiger partial charge in [0.2, 0.25) is 0 Å². The first-order chi connectivity index (χ1) is 11.4. The molecule has 3 fully saturated rings. The number of carbonyl (C=O) groups is 1. The Hall–Kier alpha value is -0.850. The summed E-state index contributed by atoms with van der Waals surface area (Å²) in [5.41, 5.74) is -0.421. The average molecular weight is 339 g/mol. The summed E-state index contributed by atoms with van der Waals surface area (Å²) >= 11 is 0.